The number of carbonyl (C=O) groups is 1. The Labute approximate surface area is 217 Å². The highest BCUT2D eigenvalue weighted by molar-refractivity contribution is 5.69. The second-order valence-corrected chi connectivity index (χ2v) is 9.64. The van der Waals surface area contributed by atoms with E-state index in [0.717, 1.165) is 25.9 Å². The van der Waals surface area contributed by atoms with Crippen molar-refractivity contribution >= 4 is 5.97 Å². The van der Waals surface area contributed by atoms with E-state index in [4.69, 9.17) is 23.7 Å². The first-order chi connectivity index (χ1) is 17.2. The van der Waals surface area contributed by atoms with Gasteiger partial charge in [-0.1, -0.05) is 104 Å². The van der Waals surface area contributed by atoms with Crippen molar-refractivity contribution in [2.75, 3.05) is 59.5 Å². The maximum Gasteiger partial charge on any atom is 0.305 e. The maximum absolute atomic E-state index is 11.8. The molecule has 0 aromatic carbocycles. The molecular formula is C29H58O6. The Balaban J connectivity index is 3.16. The van der Waals surface area contributed by atoms with E-state index < -0.39 is 0 Å². The summed E-state index contributed by atoms with van der Waals surface area (Å²) in [5.74, 6) is 0.490. The van der Waals surface area contributed by atoms with Crippen molar-refractivity contribution in [3.63, 3.8) is 0 Å². The zero-order valence-corrected chi connectivity index (χ0v) is 23.5. The van der Waals surface area contributed by atoms with Gasteiger partial charge in [0, 0.05) is 13.0 Å². The van der Waals surface area contributed by atoms with E-state index >= 15 is 0 Å². The van der Waals surface area contributed by atoms with Crippen molar-refractivity contribution in [1.29, 1.82) is 0 Å². The molecule has 0 fully saturated rings. The zero-order valence-electron chi connectivity index (χ0n) is 23.5. The lowest BCUT2D eigenvalue weighted by atomic mass is 10.0. The molecule has 0 amide bonds. The predicted octanol–water partition coefficient (Wildman–Crippen LogP) is 7.12. The number of carbonyl (C=O) groups excluding carboxylic acids is 1. The molecule has 0 aromatic rings. The summed E-state index contributed by atoms with van der Waals surface area (Å²) in [6, 6.07) is 0. The summed E-state index contributed by atoms with van der Waals surface area (Å²) in [4.78, 5) is 11.8. The Kier molecular flexibility index (Phi) is 29.0. The van der Waals surface area contributed by atoms with Gasteiger partial charge in [0.2, 0.25) is 0 Å². The summed E-state index contributed by atoms with van der Waals surface area (Å²) >= 11 is 0. The Bertz CT molecular complexity index is 418. The average molecular weight is 503 g/mol. The Morgan fingerprint density at radius 2 is 0.943 bits per heavy atom. The monoisotopic (exact) mass is 502 g/mol. The molecule has 0 rings (SSSR count). The molecule has 35 heavy (non-hydrogen) atoms. The van der Waals surface area contributed by atoms with Gasteiger partial charge in [-0.3, -0.25) is 4.79 Å². The third kappa shape index (κ3) is 29.4. The van der Waals surface area contributed by atoms with E-state index in [1.165, 1.54) is 70.6 Å². The highest BCUT2D eigenvalue weighted by Crippen LogP contribution is 2.13. The summed E-state index contributed by atoms with van der Waals surface area (Å²) < 4.78 is 27.1. The Hall–Kier alpha value is -0.690. The first kappa shape index (κ1) is 34.3. The normalized spacial score (nSPS) is 12.2. The van der Waals surface area contributed by atoms with E-state index in [9.17, 15) is 4.79 Å². The molecule has 0 spiro atoms. The lowest BCUT2D eigenvalue weighted by molar-refractivity contribution is -0.145. The van der Waals surface area contributed by atoms with Crippen LogP contribution in [-0.4, -0.2) is 65.4 Å². The van der Waals surface area contributed by atoms with Gasteiger partial charge in [-0.15, -0.1) is 0 Å². The van der Waals surface area contributed by atoms with Gasteiger partial charge in [0.05, 0.1) is 46.2 Å². The van der Waals surface area contributed by atoms with Crippen LogP contribution in [0.25, 0.3) is 0 Å². The molecule has 1 unspecified atom stereocenters. The van der Waals surface area contributed by atoms with Gasteiger partial charge < -0.3 is 23.7 Å². The highest BCUT2D eigenvalue weighted by atomic mass is 16.6. The van der Waals surface area contributed by atoms with Crippen molar-refractivity contribution < 1.29 is 28.5 Å². The number of esters is 1. The van der Waals surface area contributed by atoms with Gasteiger partial charge in [-0.2, -0.15) is 0 Å². The second kappa shape index (κ2) is 29.5. The Morgan fingerprint density at radius 1 is 0.543 bits per heavy atom. The van der Waals surface area contributed by atoms with Crippen LogP contribution in [0.5, 0.6) is 0 Å². The van der Waals surface area contributed by atoms with Gasteiger partial charge in [-0.05, 0) is 12.3 Å². The minimum Gasteiger partial charge on any atom is -0.463 e. The van der Waals surface area contributed by atoms with Crippen molar-refractivity contribution in [1.82, 2.24) is 0 Å². The van der Waals surface area contributed by atoms with Crippen LogP contribution in [0.3, 0.4) is 0 Å². The van der Waals surface area contributed by atoms with Crippen LogP contribution >= 0.6 is 0 Å². The maximum atomic E-state index is 11.8. The van der Waals surface area contributed by atoms with Gasteiger partial charge in [0.15, 0.2) is 0 Å². The fourth-order valence-electron chi connectivity index (χ4n) is 3.64. The number of ether oxygens (including phenoxy) is 5. The van der Waals surface area contributed by atoms with E-state index in [2.05, 4.69) is 20.8 Å². The van der Waals surface area contributed by atoms with Crippen LogP contribution < -0.4 is 0 Å². The van der Waals surface area contributed by atoms with Crippen LogP contribution in [0.4, 0.5) is 0 Å². The minimum atomic E-state index is -0.113. The molecule has 210 valence electrons. The van der Waals surface area contributed by atoms with E-state index in [1.807, 2.05) is 0 Å². The topological polar surface area (TPSA) is 63.2 Å². The fourth-order valence-corrected chi connectivity index (χ4v) is 3.64. The quantitative estimate of drug-likeness (QED) is 0.0801. The van der Waals surface area contributed by atoms with Crippen LogP contribution in [0, 0.1) is 5.92 Å². The molecule has 0 aliphatic heterocycles. The molecule has 0 saturated carbocycles. The molecule has 0 heterocycles. The Morgan fingerprint density at radius 3 is 1.40 bits per heavy atom. The number of unbranched alkanes of at least 4 members (excludes halogenated alkanes) is 12. The number of hydrogen-bond acceptors (Lipinski definition) is 6. The second-order valence-electron chi connectivity index (χ2n) is 9.64. The summed E-state index contributed by atoms with van der Waals surface area (Å²) in [5.41, 5.74) is 0. The van der Waals surface area contributed by atoms with Crippen molar-refractivity contribution in [3.8, 4) is 0 Å². The largest absolute Gasteiger partial charge is 0.463 e. The molecule has 0 radical (unpaired) electrons. The first-order valence-electron chi connectivity index (χ1n) is 14.7. The van der Waals surface area contributed by atoms with Crippen molar-refractivity contribution in [2.45, 2.75) is 117 Å². The van der Waals surface area contributed by atoms with Crippen LogP contribution in [0.2, 0.25) is 0 Å². The lowest BCUT2D eigenvalue weighted by Crippen LogP contribution is -2.15. The van der Waals surface area contributed by atoms with E-state index in [-0.39, 0.29) is 5.97 Å². The molecule has 0 N–H and O–H groups in total. The molecule has 0 aliphatic carbocycles. The van der Waals surface area contributed by atoms with Gasteiger partial charge in [-0.25, -0.2) is 0 Å². The van der Waals surface area contributed by atoms with Crippen molar-refractivity contribution in [3.05, 3.63) is 0 Å². The van der Waals surface area contributed by atoms with Gasteiger partial charge in [0.1, 0.15) is 6.61 Å². The van der Waals surface area contributed by atoms with Gasteiger partial charge >= 0.3 is 5.97 Å². The smallest absolute Gasteiger partial charge is 0.305 e. The molecule has 6 nitrogen and oxygen atoms in total. The molecule has 0 saturated heterocycles. The summed E-state index contributed by atoms with van der Waals surface area (Å²) in [6.07, 6.45) is 18.7. The van der Waals surface area contributed by atoms with Crippen molar-refractivity contribution in [2.24, 2.45) is 5.92 Å². The molecule has 1 atom stereocenters. The molecule has 0 aliphatic rings. The summed E-state index contributed by atoms with van der Waals surface area (Å²) in [7, 11) is 0. The highest BCUT2D eigenvalue weighted by Gasteiger charge is 2.03. The molecule has 0 aromatic heterocycles. The third-order valence-corrected chi connectivity index (χ3v) is 6.19. The van der Waals surface area contributed by atoms with Gasteiger partial charge in [0.25, 0.3) is 0 Å². The molecular weight excluding hydrogens is 444 g/mol. The van der Waals surface area contributed by atoms with Crippen LogP contribution in [0.1, 0.15) is 117 Å². The average Bonchev–Trinajstić information content (AvgIpc) is 2.86. The molecule has 6 heteroatoms. The zero-order chi connectivity index (χ0) is 25.7. The summed E-state index contributed by atoms with van der Waals surface area (Å²) in [6.45, 7) is 11.5. The summed E-state index contributed by atoms with van der Waals surface area (Å²) in [5, 5.41) is 0. The first-order valence-corrected chi connectivity index (χ1v) is 14.7. The fraction of sp³-hybridized carbons (Fsp3) is 0.966. The number of rotatable bonds is 29. The third-order valence-electron chi connectivity index (χ3n) is 6.19. The van der Waals surface area contributed by atoms with E-state index in [1.54, 1.807) is 0 Å². The van der Waals surface area contributed by atoms with Crippen LogP contribution in [-0.2, 0) is 28.5 Å². The standard InChI is InChI=1S/C29H58O6/c1-4-6-7-8-9-10-11-12-13-14-15-16-17-18-29(30)35-26-25-33-22-21-31-19-20-32-23-24-34-27-28(3)5-2/h28H,4-27H2,1-3H3. The predicted molar refractivity (Wildman–Crippen MR) is 144 cm³/mol. The number of hydrogen-bond donors (Lipinski definition) is 0. The SMILES string of the molecule is CCCCCCCCCCCCCCCC(=O)OCCOCCOCCOCCOCC(C)CC. The van der Waals surface area contributed by atoms with Crippen LogP contribution in [0.15, 0.2) is 0 Å². The minimum absolute atomic E-state index is 0.113. The van der Waals surface area contributed by atoms with E-state index in [0.29, 0.717) is 65.2 Å². The lowest BCUT2D eigenvalue weighted by Gasteiger charge is -2.10. The molecule has 0 bridgehead atoms.